The lowest BCUT2D eigenvalue weighted by molar-refractivity contribution is 0.578. The van der Waals surface area contributed by atoms with Crippen LogP contribution in [0.25, 0.3) is 0 Å². The fourth-order valence-electron chi connectivity index (χ4n) is 1.56. The molecule has 1 aromatic carbocycles. The Hall–Kier alpha value is -1.23. The predicted molar refractivity (Wildman–Crippen MR) is 86.9 cm³/mol. The summed E-state index contributed by atoms with van der Waals surface area (Å²) in [6.45, 7) is 0. The quantitative estimate of drug-likeness (QED) is 0.743. The molecular weight excluding hydrogens is 402 g/mol. The smallest absolute Gasteiger partial charge is 0.281 e. The number of thiocarbonyl (C=S) groups is 1. The van der Waals surface area contributed by atoms with Crippen LogP contribution in [0, 0.1) is 0 Å². The van der Waals surface area contributed by atoms with E-state index >= 15 is 0 Å². The first kappa shape index (κ1) is 16.1. The third kappa shape index (κ3) is 3.34. The van der Waals surface area contributed by atoms with Crippen LogP contribution in [0.1, 0.15) is 5.56 Å². The van der Waals surface area contributed by atoms with Crippen LogP contribution in [0.2, 0.25) is 5.02 Å². The molecule has 3 N–H and O–H groups in total. The minimum atomic E-state index is -3.92. The molecule has 0 saturated heterocycles. The number of aromatic nitrogens is 3. The number of halogens is 2. The predicted octanol–water partition coefficient (Wildman–Crippen LogP) is 1.67. The Morgan fingerprint density at radius 1 is 1.52 bits per heavy atom. The van der Waals surface area contributed by atoms with Crippen molar-refractivity contribution in [2.75, 3.05) is 4.72 Å². The molecule has 1 aromatic heterocycles. The minimum absolute atomic E-state index is 0.0964. The van der Waals surface area contributed by atoms with E-state index in [0.717, 1.165) is 4.68 Å². The van der Waals surface area contributed by atoms with Crippen LogP contribution in [-0.4, -0.2) is 28.4 Å². The number of rotatable bonds is 4. The monoisotopic (exact) mass is 409 g/mol. The summed E-state index contributed by atoms with van der Waals surface area (Å²) in [4.78, 5) is 0.135. The second kappa shape index (κ2) is 5.87. The standard InChI is InChI=1S/C10H9BrClN5O2S2/c1-17-10(8(11)14-16-17)21(18,19)15-7-4-5(9(13)20)2-3-6(7)12/h2-4,15H,1H3,(H2,13,20). The lowest BCUT2D eigenvalue weighted by Crippen LogP contribution is -2.18. The highest BCUT2D eigenvalue weighted by Gasteiger charge is 2.24. The van der Waals surface area contributed by atoms with Crippen LogP contribution in [0.4, 0.5) is 5.69 Å². The second-order valence-electron chi connectivity index (χ2n) is 3.97. The van der Waals surface area contributed by atoms with Crippen molar-refractivity contribution in [3.8, 4) is 0 Å². The van der Waals surface area contributed by atoms with Gasteiger partial charge in [0.1, 0.15) is 4.99 Å². The molecule has 0 unspecified atom stereocenters. The zero-order valence-electron chi connectivity index (χ0n) is 10.5. The highest BCUT2D eigenvalue weighted by atomic mass is 79.9. The first-order chi connectivity index (χ1) is 9.72. The van der Waals surface area contributed by atoms with Gasteiger partial charge < -0.3 is 5.73 Å². The van der Waals surface area contributed by atoms with Crippen molar-refractivity contribution in [2.45, 2.75) is 5.03 Å². The Bertz CT molecular complexity index is 801. The molecule has 2 aromatic rings. The molecule has 0 spiro atoms. The highest BCUT2D eigenvalue weighted by molar-refractivity contribution is 9.10. The van der Waals surface area contributed by atoms with Crippen LogP contribution in [0.3, 0.4) is 0 Å². The third-order valence-corrected chi connectivity index (χ3v) is 5.30. The number of hydrogen-bond acceptors (Lipinski definition) is 5. The Kier molecular flexibility index (Phi) is 4.51. The fraction of sp³-hybridized carbons (Fsp3) is 0.100. The number of sulfonamides is 1. The lowest BCUT2D eigenvalue weighted by atomic mass is 10.2. The van der Waals surface area contributed by atoms with Gasteiger partial charge in [-0.15, -0.1) is 5.10 Å². The van der Waals surface area contributed by atoms with Crippen LogP contribution >= 0.6 is 39.7 Å². The number of nitrogens with two attached hydrogens (primary N) is 1. The first-order valence-electron chi connectivity index (χ1n) is 5.39. The summed E-state index contributed by atoms with van der Waals surface area (Å²) < 4.78 is 28.3. The van der Waals surface area contributed by atoms with Crippen molar-refractivity contribution in [2.24, 2.45) is 12.8 Å². The zero-order chi connectivity index (χ0) is 15.8. The van der Waals surface area contributed by atoms with E-state index in [4.69, 9.17) is 29.6 Å². The van der Waals surface area contributed by atoms with Crippen molar-refractivity contribution < 1.29 is 8.42 Å². The highest BCUT2D eigenvalue weighted by Crippen LogP contribution is 2.27. The molecule has 2 rings (SSSR count). The normalized spacial score (nSPS) is 11.4. The van der Waals surface area contributed by atoms with Gasteiger partial charge in [0.25, 0.3) is 10.0 Å². The number of anilines is 1. The molecule has 0 saturated carbocycles. The molecule has 0 fully saturated rings. The second-order valence-corrected chi connectivity index (χ2v) is 7.17. The average molecular weight is 411 g/mol. The minimum Gasteiger partial charge on any atom is -0.389 e. The SMILES string of the molecule is Cn1nnc(Br)c1S(=O)(=O)Nc1cc(C(N)=S)ccc1Cl. The third-order valence-electron chi connectivity index (χ3n) is 2.49. The van der Waals surface area contributed by atoms with Crippen molar-refractivity contribution in [3.63, 3.8) is 0 Å². The van der Waals surface area contributed by atoms with Gasteiger partial charge in [-0.2, -0.15) is 8.42 Å². The fourth-order valence-corrected chi connectivity index (χ4v) is 4.07. The summed E-state index contributed by atoms with van der Waals surface area (Å²) in [5.41, 5.74) is 6.18. The summed E-state index contributed by atoms with van der Waals surface area (Å²) in [5, 5.41) is 7.34. The summed E-state index contributed by atoms with van der Waals surface area (Å²) >= 11 is 13.9. The molecule has 11 heteroatoms. The number of aryl methyl sites for hydroxylation is 1. The molecule has 1 heterocycles. The molecule has 0 aliphatic heterocycles. The maximum atomic E-state index is 12.4. The Morgan fingerprint density at radius 3 is 2.71 bits per heavy atom. The lowest BCUT2D eigenvalue weighted by Gasteiger charge is -2.11. The zero-order valence-corrected chi connectivity index (χ0v) is 14.5. The number of benzene rings is 1. The molecular formula is C10H9BrClN5O2S2. The van der Waals surface area contributed by atoms with Gasteiger partial charge in [0.05, 0.1) is 10.7 Å². The molecule has 7 nitrogen and oxygen atoms in total. The van der Waals surface area contributed by atoms with Crippen LogP contribution in [0.15, 0.2) is 27.8 Å². The molecule has 0 atom stereocenters. The van der Waals surface area contributed by atoms with E-state index < -0.39 is 10.0 Å². The van der Waals surface area contributed by atoms with Gasteiger partial charge in [-0.25, -0.2) is 4.68 Å². The van der Waals surface area contributed by atoms with E-state index in [1.54, 1.807) is 6.07 Å². The topological polar surface area (TPSA) is 103 Å². The molecule has 112 valence electrons. The van der Waals surface area contributed by atoms with E-state index in [0.29, 0.717) is 5.56 Å². The van der Waals surface area contributed by atoms with Crippen molar-refractivity contribution in [3.05, 3.63) is 33.4 Å². The first-order valence-corrected chi connectivity index (χ1v) is 8.46. The molecule has 0 aliphatic rings. The van der Waals surface area contributed by atoms with Crippen molar-refractivity contribution >= 4 is 60.4 Å². The van der Waals surface area contributed by atoms with Gasteiger partial charge in [-0.1, -0.05) is 35.1 Å². The van der Waals surface area contributed by atoms with E-state index in [-0.39, 0.29) is 25.3 Å². The summed E-state index contributed by atoms with van der Waals surface area (Å²) in [7, 11) is -2.47. The van der Waals surface area contributed by atoms with Gasteiger partial charge in [-0.05, 0) is 28.1 Å². The number of hydrogen-bond donors (Lipinski definition) is 2. The van der Waals surface area contributed by atoms with E-state index in [2.05, 4.69) is 31.0 Å². The average Bonchev–Trinajstić information content (AvgIpc) is 2.71. The number of nitrogens with zero attached hydrogens (tertiary/aromatic N) is 3. The largest absolute Gasteiger partial charge is 0.389 e. The van der Waals surface area contributed by atoms with Crippen LogP contribution in [0.5, 0.6) is 0 Å². The van der Waals surface area contributed by atoms with Crippen LogP contribution in [-0.2, 0) is 17.1 Å². The van der Waals surface area contributed by atoms with Crippen molar-refractivity contribution in [1.29, 1.82) is 0 Å². The molecule has 0 aliphatic carbocycles. The molecule has 0 radical (unpaired) electrons. The van der Waals surface area contributed by atoms with Gasteiger partial charge in [0.15, 0.2) is 4.60 Å². The Labute approximate surface area is 139 Å². The maximum Gasteiger partial charge on any atom is 0.281 e. The maximum absolute atomic E-state index is 12.4. The van der Waals surface area contributed by atoms with E-state index in [1.165, 1.54) is 19.2 Å². The van der Waals surface area contributed by atoms with Gasteiger partial charge in [0, 0.05) is 12.6 Å². The van der Waals surface area contributed by atoms with E-state index in [1.807, 2.05) is 0 Å². The molecule has 0 amide bonds. The number of nitrogens with one attached hydrogen (secondary N) is 1. The molecule has 21 heavy (non-hydrogen) atoms. The van der Waals surface area contributed by atoms with Gasteiger partial charge in [0.2, 0.25) is 5.03 Å². The summed E-state index contributed by atoms with van der Waals surface area (Å²) in [6.07, 6.45) is 0. The Balaban J connectivity index is 2.46. The van der Waals surface area contributed by atoms with Gasteiger partial charge in [-0.3, -0.25) is 4.72 Å². The van der Waals surface area contributed by atoms with Crippen molar-refractivity contribution in [1.82, 2.24) is 15.0 Å². The summed E-state index contributed by atoms with van der Waals surface area (Å²) in [5.74, 6) is 0. The van der Waals surface area contributed by atoms with Gasteiger partial charge >= 0.3 is 0 Å². The van der Waals surface area contributed by atoms with Crippen LogP contribution < -0.4 is 10.5 Å². The van der Waals surface area contributed by atoms with E-state index in [9.17, 15) is 8.42 Å². The Morgan fingerprint density at radius 2 is 2.19 bits per heavy atom. The summed E-state index contributed by atoms with van der Waals surface area (Å²) in [6, 6.07) is 4.56. The molecule has 0 bridgehead atoms.